The molecule has 0 spiro atoms. The molecule has 3 fully saturated rings. The number of likely N-dealkylation sites (N-methyl/N-ethyl adjacent to an activating group) is 1. The van der Waals surface area contributed by atoms with Crippen molar-refractivity contribution in [3.63, 3.8) is 0 Å². The molecule has 0 N–H and O–H groups in total. The van der Waals surface area contributed by atoms with Crippen molar-refractivity contribution in [2.24, 2.45) is 7.05 Å². The summed E-state index contributed by atoms with van der Waals surface area (Å²) >= 11 is 6.74. The molecular weight excluding hydrogens is 645 g/mol. The predicted molar refractivity (Wildman–Crippen MR) is 188 cm³/mol. The predicted octanol–water partition coefficient (Wildman–Crippen LogP) is 4.68. The number of anilines is 2. The molecule has 0 aliphatic carbocycles. The second-order valence-corrected chi connectivity index (χ2v) is 14.3. The van der Waals surface area contributed by atoms with Crippen molar-refractivity contribution in [3.8, 4) is 6.01 Å². The topological polar surface area (TPSA) is 95.8 Å². The highest BCUT2D eigenvalue weighted by Gasteiger charge is 2.49. The summed E-state index contributed by atoms with van der Waals surface area (Å²) in [5.41, 5.74) is 2.77. The van der Waals surface area contributed by atoms with E-state index in [1.165, 1.54) is 0 Å². The quantitative estimate of drug-likeness (QED) is 0.245. The van der Waals surface area contributed by atoms with E-state index in [1.807, 2.05) is 17.0 Å². The van der Waals surface area contributed by atoms with Crippen molar-refractivity contribution in [2.75, 3.05) is 56.2 Å². The van der Waals surface area contributed by atoms with E-state index < -0.39 is 6.17 Å². The van der Waals surface area contributed by atoms with Crippen LogP contribution in [0.25, 0.3) is 16.8 Å². The van der Waals surface area contributed by atoms with Crippen LogP contribution in [0.2, 0.25) is 5.02 Å². The molecule has 4 aliphatic heterocycles. The van der Waals surface area contributed by atoms with Crippen molar-refractivity contribution in [3.05, 3.63) is 70.9 Å². The van der Waals surface area contributed by atoms with E-state index >= 15 is 0 Å². The summed E-state index contributed by atoms with van der Waals surface area (Å²) < 4.78 is 22.6. The molecule has 13 heteroatoms. The summed E-state index contributed by atoms with van der Waals surface area (Å²) in [6, 6.07) is 12.7. The minimum atomic E-state index is -0.834. The van der Waals surface area contributed by atoms with Gasteiger partial charge in [0.15, 0.2) is 5.82 Å². The molecule has 0 bridgehead atoms. The van der Waals surface area contributed by atoms with Gasteiger partial charge in [0.05, 0.1) is 22.8 Å². The molecule has 1 amide bonds. The fourth-order valence-corrected chi connectivity index (χ4v) is 8.53. The van der Waals surface area contributed by atoms with Crippen LogP contribution in [-0.4, -0.2) is 105 Å². The van der Waals surface area contributed by atoms with E-state index in [9.17, 15) is 9.18 Å². The molecule has 49 heavy (non-hydrogen) atoms. The maximum absolute atomic E-state index is 14.6. The summed E-state index contributed by atoms with van der Waals surface area (Å²) in [6.45, 7) is 4.29. The second-order valence-electron chi connectivity index (χ2n) is 13.9. The van der Waals surface area contributed by atoms with Gasteiger partial charge in [-0.15, -0.1) is 0 Å². The number of amides is 1. The maximum Gasteiger partial charge on any atom is 0.318 e. The number of aryl methyl sites for hydroxylation is 1. The molecule has 3 saturated heterocycles. The molecule has 3 atom stereocenters. The van der Waals surface area contributed by atoms with Crippen LogP contribution in [0.1, 0.15) is 42.8 Å². The fourth-order valence-electron chi connectivity index (χ4n) is 8.25. The molecule has 8 rings (SSSR count). The number of ether oxygens (including phenoxy) is 1. The van der Waals surface area contributed by atoms with Crippen LogP contribution in [0.15, 0.2) is 48.8 Å². The molecule has 0 saturated carbocycles. The van der Waals surface area contributed by atoms with Gasteiger partial charge in [-0.1, -0.05) is 35.9 Å². The van der Waals surface area contributed by atoms with E-state index in [-0.39, 0.29) is 17.5 Å². The molecular formula is C36H41ClFN9O2. The Labute approximate surface area is 290 Å². The summed E-state index contributed by atoms with van der Waals surface area (Å²) in [4.78, 5) is 36.0. The number of benzene rings is 2. The first kappa shape index (κ1) is 31.9. The van der Waals surface area contributed by atoms with Gasteiger partial charge in [-0.2, -0.15) is 15.1 Å². The first-order chi connectivity index (χ1) is 23.8. The normalized spacial score (nSPS) is 23.8. The Kier molecular flexibility index (Phi) is 8.39. The number of fused-ring (bicyclic) bond motifs is 3. The molecule has 2 aromatic heterocycles. The smallest absolute Gasteiger partial charge is 0.318 e. The largest absolute Gasteiger partial charge is 0.461 e. The van der Waals surface area contributed by atoms with Crippen molar-refractivity contribution >= 4 is 45.9 Å². The lowest BCUT2D eigenvalue weighted by atomic mass is 9.95. The second kappa shape index (κ2) is 12.9. The lowest BCUT2D eigenvalue weighted by Gasteiger charge is -2.35. The third-order valence-electron chi connectivity index (χ3n) is 10.8. The van der Waals surface area contributed by atoms with E-state index in [0.29, 0.717) is 51.0 Å². The van der Waals surface area contributed by atoms with E-state index in [0.717, 1.165) is 77.3 Å². The van der Waals surface area contributed by atoms with Crippen LogP contribution in [0.3, 0.4) is 0 Å². The molecule has 4 aliphatic rings. The summed E-state index contributed by atoms with van der Waals surface area (Å²) in [5, 5.41) is 7.08. The Morgan fingerprint density at radius 3 is 2.86 bits per heavy atom. The number of aromatic nitrogens is 5. The minimum Gasteiger partial charge on any atom is -0.461 e. The van der Waals surface area contributed by atoms with Crippen LogP contribution in [-0.2, 0) is 24.8 Å². The molecule has 11 nitrogen and oxygen atoms in total. The monoisotopic (exact) mass is 685 g/mol. The van der Waals surface area contributed by atoms with Crippen molar-refractivity contribution in [1.82, 2.24) is 34.5 Å². The number of likely N-dealkylation sites (tertiary alicyclic amines) is 1. The van der Waals surface area contributed by atoms with Crippen molar-refractivity contribution in [1.29, 1.82) is 0 Å². The zero-order valence-electron chi connectivity index (χ0n) is 27.9. The number of hydrogen-bond donors (Lipinski definition) is 0. The first-order valence-corrected chi connectivity index (χ1v) is 17.5. The first-order valence-electron chi connectivity index (χ1n) is 17.2. The molecule has 0 unspecified atom stereocenters. The minimum absolute atomic E-state index is 0.0652. The van der Waals surface area contributed by atoms with Crippen molar-refractivity contribution < 1.29 is 13.9 Å². The highest BCUT2D eigenvalue weighted by atomic mass is 35.5. The Morgan fingerprint density at radius 2 is 2.02 bits per heavy atom. The Hall–Kier alpha value is -4.29. The summed E-state index contributed by atoms with van der Waals surface area (Å²) in [7, 11) is 3.85. The summed E-state index contributed by atoms with van der Waals surface area (Å²) in [6.07, 6.45) is 7.96. The highest BCUT2D eigenvalue weighted by Crippen LogP contribution is 2.41. The lowest BCUT2D eigenvalue weighted by molar-refractivity contribution is -0.124. The lowest BCUT2D eigenvalue weighted by Crippen LogP contribution is -2.44. The third kappa shape index (κ3) is 6.09. The number of alkyl halides is 1. The Balaban J connectivity index is 1.07. The zero-order chi connectivity index (χ0) is 33.7. The zero-order valence-corrected chi connectivity index (χ0v) is 28.7. The van der Waals surface area contributed by atoms with Gasteiger partial charge in [0.25, 0.3) is 0 Å². The SMILES string of the molecule is CN(c1nc(OC[C@@]23CCCN2C[C@H](F)C3)nc2c1CCN(c1cccc3cccc(Cl)c13)C2)[C@@H]1CCN(C(=O)/C=C/c2ncn(C)n2)C1. The highest BCUT2D eigenvalue weighted by molar-refractivity contribution is 6.36. The van der Waals surface area contributed by atoms with E-state index in [4.69, 9.17) is 26.3 Å². The molecule has 2 aromatic carbocycles. The molecule has 256 valence electrons. The van der Waals surface area contributed by atoms with Gasteiger partial charge >= 0.3 is 6.01 Å². The van der Waals surface area contributed by atoms with Crippen molar-refractivity contribution in [2.45, 2.75) is 56.4 Å². The molecule has 6 heterocycles. The van der Waals surface area contributed by atoms with Crippen LogP contribution in [0.4, 0.5) is 15.9 Å². The van der Waals surface area contributed by atoms with Crippen LogP contribution in [0, 0.1) is 0 Å². The number of rotatable bonds is 8. The Morgan fingerprint density at radius 1 is 1.16 bits per heavy atom. The molecule has 0 radical (unpaired) electrons. The van der Waals surface area contributed by atoms with Gasteiger partial charge < -0.3 is 19.4 Å². The summed E-state index contributed by atoms with van der Waals surface area (Å²) in [5.74, 6) is 1.27. The number of carbonyl (C=O) groups excluding carboxylic acids is 1. The van der Waals surface area contributed by atoms with E-state index in [1.54, 1.807) is 30.2 Å². The Bertz CT molecular complexity index is 1910. The average molecular weight is 686 g/mol. The third-order valence-corrected chi connectivity index (χ3v) is 11.1. The van der Waals surface area contributed by atoms with Crippen LogP contribution >= 0.6 is 11.6 Å². The number of halogens is 2. The van der Waals surface area contributed by atoms with Gasteiger partial charge in [0, 0.05) is 75.5 Å². The number of nitrogens with zero attached hydrogens (tertiary/aromatic N) is 9. The number of hydrogen-bond acceptors (Lipinski definition) is 9. The van der Waals surface area contributed by atoms with Gasteiger partial charge in [-0.05, 0) is 55.8 Å². The van der Waals surface area contributed by atoms with Crippen LogP contribution < -0.4 is 14.5 Å². The molecule has 4 aromatic rings. The number of carbonyl (C=O) groups is 1. The van der Waals surface area contributed by atoms with Crippen LogP contribution in [0.5, 0.6) is 6.01 Å². The van der Waals surface area contributed by atoms with E-state index in [2.05, 4.69) is 56.1 Å². The van der Waals surface area contributed by atoms with Gasteiger partial charge in [-0.3, -0.25) is 14.4 Å². The maximum atomic E-state index is 14.6. The fraction of sp³-hybridized carbons (Fsp3) is 0.472. The van der Waals surface area contributed by atoms with Gasteiger partial charge in [0.1, 0.15) is 24.9 Å². The average Bonchev–Trinajstić information content (AvgIpc) is 3.90. The standard InChI is InChI=1S/C36H41ClFN9O2/c1-43-23-39-31(42-43)10-11-32(48)46-16-12-26(20-46)44(2)34-27-13-17-45(30-9-4-7-24-6-3-8-28(37)33(24)30)21-29(27)40-35(41-34)49-22-36-14-5-15-47(36)19-25(38)18-36/h3-4,6-11,23,25-26H,5,12-22H2,1-2H3/b11-10+/t25-,26-,36+/m1/s1. The van der Waals surface area contributed by atoms with Gasteiger partial charge in [-0.25, -0.2) is 9.37 Å². The van der Waals surface area contributed by atoms with Gasteiger partial charge in [0.2, 0.25) is 5.91 Å².